The normalized spacial score (nSPS) is 12.5. The number of nitrogens with two attached hydrogens (primary N) is 1. The van der Waals surface area contributed by atoms with Crippen LogP contribution in [0.1, 0.15) is 15.2 Å². The van der Waals surface area contributed by atoms with Gasteiger partial charge in [-0.3, -0.25) is 9.00 Å². The Labute approximate surface area is 118 Å². The molecule has 0 aliphatic rings. The van der Waals surface area contributed by atoms with Crippen LogP contribution in [-0.4, -0.2) is 28.7 Å². The van der Waals surface area contributed by atoms with E-state index in [-0.39, 0.29) is 5.91 Å². The lowest BCUT2D eigenvalue weighted by molar-refractivity contribution is 0.0961. The van der Waals surface area contributed by atoms with Crippen molar-refractivity contribution < 1.29 is 9.00 Å². The molecule has 2 aromatic rings. The summed E-state index contributed by atoms with van der Waals surface area (Å²) in [4.78, 5) is 12.6. The number of fused-ring (bicyclic) bond motifs is 1. The summed E-state index contributed by atoms with van der Waals surface area (Å²) in [5.74, 6) is 0.261. The molecular formula is C13H16N2O2S2. The molecule has 19 heavy (non-hydrogen) atoms. The monoisotopic (exact) mass is 296 g/mol. The molecule has 1 aromatic carbocycles. The van der Waals surface area contributed by atoms with Gasteiger partial charge in [0.1, 0.15) is 4.88 Å². The van der Waals surface area contributed by atoms with E-state index < -0.39 is 10.8 Å². The van der Waals surface area contributed by atoms with Crippen LogP contribution >= 0.6 is 11.3 Å². The van der Waals surface area contributed by atoms with Crippen LogP contribution in [0, 0.1) is 6.92 Å². The van der Waals surface area contributed by atoms with Crippen LogP contribution in [0.25, 0.3) is 10.1 Å². The maximum Gasteiger partial charge on any atom is 0.263 e. The van der Waals surface area contributed by atoms with Crippen LogP contribution in [0.4, 0.5) is 5.69 Å². The molecular weight excluding hydrogens is 280 g/mol. The van der Waals surface area contributed by atoms with Crippen molar-refractivity contribution in [2.75, 3.05) is 24.3 Å². The SMILES string of the molecule is Cc1ccc2sc(C(=O)NCCS(C)=O)c(N)c2c1. The first-order chi connectivity index (χ1) is 8.99. The Hall–Kier alpha value is -1.40. The number of hydrogen-bond donors (Lipinski definition) is 2. The summed E-state index contributed by atoms with van der Waals surface area (Å²) in [6, 6.07) is 5.96. The van der Waals surface area contributed by atoms with E-state index in [0.717, 1.165) is 15.6 Å². The first-order valence-electron chi connectivity index (χ1n) is 5.86. The summed E-state index contributed by atoms with van der Waals surface area (Å²) in [5.41, 5.74) is 7.67. The summed E-state index contributed by atoms with van der Waals surface area (Å²) in [6.07, 6.45) is 1.61. The third-order valence-electron chi connectivity index (χ3n) is 2.76. The number of benzene rings is 1. The molecule has 0 aliphatic heterocycles. The first-order valence-corrected chi connectivity index (χ1v) is 8.40. The Morgan fingerprint density at radius 2 is 2.21 bits per heavy atom. The smallest absolute Gasteiger partial charge is 0.263 e. The Morgan fingerprint density at radius 1 is 1.47 bits per heavy atom. The van der Waals surface area contributed by atoms with E-state index in [9.17, 15) is 9.00 Å². The van der Waals surface area contributed by atoms with Gasteiger partial charge in [-0.15, -0.1) is 11.3 Å². The molecule has 0 saturated carbocycles. The van der Waals surface area contributed by atoms with Crippen LogP contribution in [0.3, 0.4) is 0 Å². The molecule has 0 fully saturated rings. The number of anilines is 1. The number of aryl methyl sites for hydroxylation is 1. The third-order valence-corrected chi connectivity index (χ3v) is 4.73. The number of amides is 1. The Bertz CT molecular complexity index is 649. The number of nitrogens with one attached hydrogen (secondary N) is 1. The highest BCUT2D eigenvalue weighted by atomic mass is 32.2. The third kappa shape index (κ3) is 3.13. The molecule has 1 atom stereocenters. The molecule has 102 valence electrons. The topological polar surface area (TPSA) is 72.2 Å². The van der Waals surface area contributed by atoms with Crippen molar-refractivity contribution in [2.24, 2.45) is 0 Å². The summed E-state index contributed by atoms with van der Waals surface area (Å²) in [6.45, 7) is 2.39. The zero-order valence-electron chi connectivity index (χ0n) is 10.9. The second-order valence-corrected chi connectivity index (χ2v) is 6.98. The van der Waals surface area contributed by atoms with Gasteiger partial charge >= 0.3 is 0 Å². The minimum absolute atomic E-state index is 0.193. The highest BCUT2D eigenvalue weighted by Gasteiger charge is 2.15. The number of carbonyl (C=O) groups is 1. The summed E-state index contributed by atoms with van der Waals surface area (Å²) >= 11 is 1.39. The lowest BCUT2D eigenvalue weighted by atomic mass is 10.1. The maximum atomic E-state index is 12.0. The Morgan fingerprint density at radius 3 is 2.89 bits per heavy atom. The maximum absolute atomic E-state index is 12.0. The van der Waals surface area contributed by atoms with Gasteiger partial charge in [0, 0.05) is 39.4 Å². The molecule has 0 radical (unpaired) electrons. The molecule has 6 heteroatoms. The van der Waals surface area contributed by atoms with Gasteiger partial charge in [0.05, 0.1) is 5.69 Å². The fourth-order valence-corrected chi connectivity index (χ4v) is 3.20. The minimum Gasteiger partial charge on any atom is -0.397 e. The van der Waals surface area contributed by atoms with Crippen LogP contribution < -0.4 is 11.1 Å². The molecule has 0 spiro atoms. The van der Waals surface area contributed by atoms with Crippen molar-refractivity contribution in [1.82, 2.24) is 5.32 Å². The first kappa shape index (κ1) is 14.0. The largest absolute Gasteiger partial charge is 0.397 e. The molecule has 1 aromatic heterocycles. The predicted molar refractivity (Wildman–Crippen MR) is 82.2 cm³/mol. The number of thiophene rings is 1. The van der Waals surface area contributed by atoms with Gasteiger partial charge in [-0.05, 0) is 19.1 Å². The van der Waals surface area contributed by atoms with Gasteiger partial charge in [0.2, 0.25) is 0 Å². The standard InChI is InChI=1S/C13H16N2O2S2/c1-8-3-4-10-9(7-8)11(14)12(18-10)13(16)15-5-6-19(2)17/h3-4,7H,5-6,14H2,1-2H3,(H,15,16). The molecule has 1 amide bonds. The van der Waals surface area contributed by atoms with Crippen LogP contribution in [0.2, 0.25) is 0 Å². The van der Waals surface area contributed by atoms with E-state index in [0.29, 0.717) is 22.9 Å². The van der Waals surface area contributed by atoms with Crippen molar-refractivity contribution in [3.8, 4) is 0 Å². The lowest BCUT2D eigenvalue weighted by Crippen LogP contribution is -2.27. The number of carbonyl (C=O) groups excluding carboxylic acids is 1. The van der Waals surface area contributed by atoms with Crippen LogP contribution in [0.5, 0.6) is 0 Å². The molecule has 2 rings (SSSR count). The van der Waals surface area contributed by atoms with E-state index in [2.05, 4.69) is 5.32 Å². The summed E-state index contributed by atoms with van der Waals surface area (Å²) < 4.78 is 12.0. The fourth-order valence-electron chi connectivity index (χ4n) is 1.79. The van der Waals surface area contributed by atoms with Crippen molar-refractivity contribution in [2.45, 2.75) is 6.92 Å². The quantitative estimate of drug-likeness (QED) is 0.905. The van der Waals surface area contributed by atoms with Crippen LogP contribution in [0.15, 0.2) is 18.2 Å². The number of nitrogen functional groups attached to an aromatic ring is 1. The summed E-state index contributed by atoms with van der Waals surface area (Å²) in [7, 11) is -0.904. The second kappa shape index (κ2) is 5.71. The second-order valence-electron chi connectivity index (χ2n) is 4.38. The number of rotatable bonds is 4. The highest BCUT2D eigenvalue weighted by Crippen LogP contribution is 2.33. The fraction of sp³-hybridized carbons (Fsp3) is 0.308. The van der Waals surface area contributed by atoms with E-state index in [1.807, 2.05) is 25.1 Å². The van der Waals surface area contributed by atoms with Crippen LogP contribution in [-0.2, 0) is 10.8 Å². The van der Waals surface area contributed by atoms with Gasteiger partial charge in [-0.1, -0.05) is 11.6 Å². The van der Waals surface area contributed by atoms with Crippen molar-refractivity contribution in [3.63, 3.8) is 0 Å². The molecule has 1 unspecified atom stereocenters. The zero-order chi connectivity index (χ0) is 14.0. The minimum atomic E-state index is -0.904. The molecule has 1 heterocycles. The molecule has 0 aliphatic carbocycles. The number of hydrogen-bond acceptors (Lipinski definition) is 4. The molecule has 0 bridgehead atoms. The van der Waals surface area contributed by atoms with Crippen molar-refractivity contribution in [3.05, 3.63) is 28.6 Å². The van der Waals surface area contributed by atoms with E-state index in [1.165, 1.54) is 11.3 Å². The van der Waals surface area contributed by atoms with Gasteiger partial charge in [-0.2, -0.15) is 0 Å². The van der Waals surface area contributed by atoms with Crippen molar-refractivity contribution in [1.29, 1.82) is 0 Å². The molecule has 3 N–H and O–H groups in total. The Kier molecular flexibility index (Phi) is 4.21. The summed E-state index contributed by atoms with van der Waals surface area (Å²) in [5, 5.41) is 3.67. The molecule has 4 nitrogen and oxygen atoms in total. The molecule has 0 saturated heterocycles. The van der Waals surface area contributed by atoms with E-state index in [1.54, 1.807) is 6.26 Å². The van der Waals surface area contributed by atoms with Gasteiger partial charge in [0.25, 0.3) is 5.91 Å². The highest BCUT2D eigenvalue weighted by molar-refractivity contribution is 7.84. The average molecular weight is 296 g/mol. The zero-order valence-corrected chi connectivity index (χ0v) is 12.5. The predicted octanol–water partition coefficient (Wildman–Crippen LogP) is 1.90. The average Bonchev–Trinajstić information content (AvgIpc) is 2.66. The van der Waals surface area contributed by atoms with Gasteiger partial charge in [-0.25, -0.2) is 0 Å². The lowest BCUT2D eigenvalue weighted by Gasteiger charge is -2.02. The van der Waals surface area contributed by atoms with E-state index in [4.69, 9.17) is 5.73 Å². The van der Waals surface area contributed by atoms with E-state index >= 15 is 0 Å². The van der Waals surface area contributed by atoms with Gasteiger partial charge < -0.3 is 11.1 Å². The van der Waals surface area contributed by atoms with Crippen molar-refractivity contribution >= 4 is 43.8 Å². The Balaban J connectivity index is 2.22. The van der Waals surface area contributed by atoms with Gasteiger partial charge in [0.15, 0.2) is 0 Å².